The maximum atomic E-state index is 4.47. The van der Waals surface area contributed by atoms with Gasteiger partial charge in [0.25, 0.3) is 0 Å². The fourth-order valence-corrected chi connectivity index (χ4v) is 2.72. The van der Waals surface area contributed by atoms with E-state index in [1.54, 1.807) is 25.8 Å². The number of pyridine rings is 1. The lowest BCUT2D eigenvalue weighted by Gasteiger charge is -2.22. The van der Waals surface area contributed by atoms with Crippen LogP contribution in [0.3, 0.4) is 0 Å². The van der Waals surface area contributed by atoms with Crippen LogP contribution in [0.4, 0.5) is 0 Å². The summed E-state index contributed by atoms with van der Waals surface area (Å²) in [5, 5.41) is 3.41. The summed E-state index contributed by atoms with van der Waals surface area (Å²) < 4.78 is 4.02. The zero-order valence-corrected chi connectivity index (χ0v) is 14.8. The summed E-state index contributed by atoms with van der Waals surface area (Å²) in [7, 11) is 5.87. The van der Waals surface area contributed by atoms with Crippen molar-refractivity contribution >= 4 is 5.96 Å². The van der Waals surface area contributed by atoms with E-state index in [2.05, 4.69) is 41.9 Å². The van der Waals surface area contributed by atoms with E-state index in [1.807, 2.05) is 43.2 Å². The van der Waals surface area contributed by atoms with E-state index in [0.29, 0.717) is 6.54 Å². The molecule has 130 valence electrons. The number of rotatable bonds is 5. The average molecular weight is 337 g/mol. The van der Waals surface area contributed by atoms with Gasteiger partial charge in [0.2, 0.25) is 0 Å². The molecule has 3 rings (SSSR count). The van der Waals surface area contributed by atoms with Gasteiger partial charge in [0.1, 0.15) is 12.1 Å². The molecule has 0 aliphatic heterocycles. The Morgan fingerprint density at radius 2 is 2.12 bits per heavy atom. The summed E-state index contributed by atoms with van der Waals surface area (Å²) >= 11 is 0. The number of nitrogens with zero attached hydrogens (tertiary/aromatic N) is 6. The standard InChI is InChI=1S/C18H23N7/c1-19-18(24(3)13-16-7-5-10-23(16)2)22-12-15-6-4-8-21-17(15)25-11-9-20-14-25/h4-11,14H,12-13H2,1-3H3,(H,19,22). The predicted octanol–water partition coefficient (Wildman–Crippen LogP) is 1.81. The molecule has 0 unspecified atom stereocenters. The van der Waals surface area contributed by atoms with Gasteiger partial charge in [0.15, 0.2) is 5.96 Å². The molecule has 0 saturated heterocycles. The third-order valence-electron chi connectivity index (χ3n) is 4.08. The minimum Gasteiger partial charge on any atom is -0.353 e. The normalized spacial score (nSPS) is 11.6. The van der Waals surface area contributed by atoms with E-state index in [9.17, 15) is 0 Å². The molecule has 0 saturated carbocycles. The first kappa shape index (κ1) is 16.8. The second kappa shape index (κ2) is 7.65. The fourth-order valence-electron chi connectivity index (χ4n) is 2.72. The zero-order chi connectivity index (χ0) is 17.6. The molecule has 1 N–H and O–H groups in total. The van der Waals surface area contributed by atoms with E-state index in [-0.39, 0.29) is 0 Å². The van der Waals surface area contributed by atoms with Crippen LogP contribution in [0.5, 0.6) is 0 Å². The second-order valence-corrected chi connectivity index (χ2v) is 5.82. The lowest BCUT2D eigenvalue weighted by atomic mass is 10.2. The van der Waals surface area contributed by atoms with E-state index < -0.39 is 0 Å². The Balaban J connectivity index is 1.69. The van der Waals surface area contributed by atoms with Crippen LogP contribution in [-0.4, -0.2) is 44.1 Å². The van der Waals surface area contributed by atoms with Crippen molar-refractivity contribution in [2.24, 2.45) is 12.0 Å². The summed E-state index contributed by atoms with van der Waals surface area (Å²) in [6, 6.07) is 8.15. The van der Waals surface area contributed by atoms with Crippen LogP contribution in [0, 0.1) is 0 Å². The van der Waals surface area contributed by atoms with E-state index in [1.165, 1.54) is 5.69 Å². The Hall–Kier alpha value is -3.09. The largest absolute Gasteiger partial charge is 0.353 e. The van der Waals surface area contributed by atoms with Crippen LogP contribution in [0.25, 0.3) is 5.82 Å². The molecule has 0 amide bonds. The first-order valence-corrected chi connectivity index (χ1v) is 8.13. The molecule has 3 heterocycles. The van der Waals surface area contributed by atoms with Crippen LogP contribution in [0.2, 0.25) is 0 Å². The highest BCUT2D eigenvalue weighted by Gasteiger charge is 2.10. The molecule has 25 heavy (non-hydrogen) atoms. The topological polar surface area (TPSA) is 63.3 Å². The maximum absolute atomic E-state index is 4.47. The van der Waals surface area contributed by atoms with Gasteiger partial charge in [0.05, 0.1) is 6.54 Å². The van der Waals surface area contributed by atoms with E-state index >= 15 is 0 Å². The lowest BCUT2D eigenvalue weighted by molar-refractivity contribution is 0.461. The smallest absolute Gasteiger partial charge is 0.194 e. The minimum absolute atomic E-state index is 0.630. The molecule has 0 spiro atoms. The number of hydrogen-bond donors (Lipinski definition) is 1. The van der Waals surface area contributed by atoms with Crippen LogP contribution >= 0.6 is 0 Å². The molecule has 3 aromatic heterocycles. The lowest BCUT2D eigenvalue weighted by Crippen LogP contribution is -2.38. The van der Waals surface area contributed by atoms with Gasteiger partial charge in [0, 0.05) is 63.7 Å². The van der Waals surface area contributed by atoms with Crippen molar-refractivity contribution in [3.05, 3.63) is 66.6 Å². The SMILES string of the molecule is CN=C(NCc1cccnc1-n1ccnc1)N(C)Cc1cccn1C. The fraction of sp³-hybridized carbons (Fsp3) is 0.278. The zero-order valence-electron chi connectivity index (χ0n) is 14.8. The van der Waals surface area contributed by atoms with Crippen LogP contribution in [-0.2, 0) is 20.1 Å². The second-order valence-electron chi connectivity index (χ2n) is 5.82. The molecular formula is C18H23N7. The quantitative estimate of drug-likeness (QED) is 0.570. The molecule has 0 atom stereocenters. The molecule has 0 aliphatic carbocycles. The molecule has 0 bridgehead atoms. The van der Waals surface area contributed by atoms with Crippen molar-refractivity contribution in [2.75, 3.05) is 14.1 Å². The highest BCUT2D eigenvalue weighted by atomic mass is 15.3. The third-order valence-corrected chi connectivity index (χ3v) is 4.08. The Labute approximate surface area is 147 Å². The number of imidazole rings is 1. The van der Waals surface area contributed by atoms with Crippen LogP contribution < -0.4 is 5.32 Å². The molecule has 7 heteroatoms. The number of hydrogen-bond acceptors (Lipinski definition) is 3. The summed E-state index contributed by atoms with van der Waals surface area (Å²) in [5.41, 5.74) is 2.31. The first-order chi connectivity index (χ1) is 12.2. The van der Waals surface area contributed by atoms with Crippen molar-refractivity contribution in [3.63, 3.8) is 0 Å². The first-order valence-electron chi connectivity index (χ1n) is 8.13. The van der Waals surface area contributed by atoms with Gasteiger partial charge in [-0.3, -0.25) is 9.56 Å². The van der Waals surface area contributed by atoms with Gasteiger partial charge in [-0.05, 0) is 18.2 Å². The van der Waals surface area contributed by atoms with Crippen molar-refractivity contribution in [3.8, 4) is 5.82 Å². The number of aromatic nitrogens is 4. The summed E-state index contributed by atoms with van der Waals surface area (Å²) in [6.07, 6.45) is 9.23. The molecule has 0 fully saturated rings. The maximum Gasteiger partial charge on any atom is 0.194 e. The highest BCUT2D eigenvalue weighted by Crippen LogP contribution is 2.11. The number of aliphatic imine (C=N–C) groups is 1. The number of guanidine groups is 1. The third kappa shape index (κ3) is 3.88. The Kier molecular flexibility index (Phi) is 5.13. The van der Waals surface area contributed by atoms with Crippen molar-refractivity contribution < 1.29 is 0 Å². The molecule has 0 radical (unpaired) electrons. The Morgan fingerprint density at radius 1 is 1.24 bits per heavy atom. The Morgan fingerprint density at radius 3 is 2.80 bits per heavy atom. The molecule has 0 aromatic carbocycles. The van der Waals surface area contributed by atoms with Gasteiger partial charge in [-0.2, -0.15) is 0 Å². The monoisotopic (exact) mass is 337 g/mol. The number of nitrogens with one attached hydrogen (secondary N) is 1. The van der Waals surface area contributed by atoms with Crippen LogP contribution in [0.15, 0.2) is 60.4 Å². The van der Waals surface area contributed by atoms with E-state index in [0.717, 1.165) is 23.9 Å². The van der Waals surface area contributed by atoms with Gasteiger partial charge in [-0.15, -0.1) is 0 Å². The van der Waals surface area contributed by atoms with E-state index in [4.69, 9.17) is 0 Å². The van der Waals surface area contributed by atoms with Crippen molar-refractivity contribution in [2.45, 2.75) is 13.1 Å². The molecule has 3 aromatic rings. The molecule has 0 aliphatic rings. The summed E-state index contributed by atoms with van der Waals surface area (Å²) in [4.78, 5) is 15.1. The van der Waals surface area contributed by atoms with Gasteiger partial charge >= 0.3 is 0 Å². The van der Waals surface area contributed by atoms with Crippen molar-refractivity contribution in [1.82, 2.24) is 29.3 Å². The Bertz CT molecular complexity index is 833. The predicted molar refractivity (Wildman–Crippen MR) is 98.4 cm³/mol. The number of aryl methyl sites for hydroxylation is 1. The molecular weight excluding hydrogens is 314 g/mol. The molecule has 7 nitrogen and oxygen atoms in total. The summed E-state index contributed by atoms with van der Waals surface area (Å²) in [5.74, 6) is 1.70. The van der Waals surface area contributed by atoms with Crippen molar-refractivity contribution in [1.29, 1.82) is 0 Å². The highest BCUT2D eigenvalue weighted by molar-refractivity contribution is 5.79. The van der Waals surface area contributed by atoms with Gasteiger partial charge in [-0.25, -0.2) is 9.97 Å². The summed E-state index contributed by atoms with van der Waals surface area (Å²) in [6.45, 7) is 1.41. The van der Waals surface area contributed by atoms with Crippen LogP contribution in [0.1, 0.15) is 11.3 Å². The van der Waals surface area contributed by atoms with Gasteiger partial charge < -0.3 is 14.8 Å². The minimum atomic E-state index is 0.630. The average Bonchev–Trinajstić information content (AvgIpc) is 3.28. The van der Waals surface area contributed by atoms with Gasteiger partial charge in [-0.1, -0.05) is 6.07 Å².